The summed E-state index contributed by atoms with van der Waals surface area (Å²) < 4.78 is 5.32. The Morgan fingerprint density at radius 1 is 1.31 bits per heavy atom. The summed E-state index contributed by atoms with van der Waals surface area (Å²) in [5.74, 6) is 6.55. The van der Waals surface area contributed by atoms with E-state index in [1.54, 1.807) is 4.90 Å². The molecule has 0 saturated carbocycles. The first-order valence-corrected chi connectivity index (χ1v) is 5.82. The van der Waals surface area contributed by atoms with E-state index in [2.05, 4.69) is 11.8 Å². The highest BCUT2D eigenvalue weighted by Gasteiger charge is 2.25. The lowest BCUT2D eigenvalue weighted by Crippen LogP contribution is -2.41. The third kappa shape index (κ3) is 4.14. The number of piperidine rings is 1. The summed E-state index contributed by atoms with van der Waals surface area (Å²) in [6, 6.07) is 0. The van der Waals surface area contributed by atoms with Crippen molar-refractivity contribution in [1.82, 2.24) is 4.90 Å². The maximum absolute atomic E-state index is 11.7. The molecule has 1 amide bonds. The van der Waals surface area contributed by atoms with Gasteiger partial charge >= 0.3 is 6.09 Å². The standard InChI is InChI=1S/C13H21NO2/c1-5-6-11-7-9-14(10-8-11)12(15)16-13(2,3)4/h11H,7-10H2,1-4H3. The van der Waals surface area contributed by atoms with E-state index in [0.717, 1.165) is 25.9 Å². The molecule has 1 aliphatic rings. The minimum Gasteiger partial charge on any atom is -0.444 e. The van der Waals surface area contributed by atoms with Crippen LogP contribution in [0.2, 0.25) is 0 Å². The Hall–Kier alpha value is -1.17. The maximum atomic E-state index is 11.7. The van der Waals surface area contributed by atoms with Gasteiger partial charge in [0.2, 0.25) is 0 Å². The number of carbonyl (C=O) groups is 1. The highest BCUT2D eigenvalue weighted by Crippen LogP contribution is 2.18. The molecule has 1 rings (SSSR count). The molecule has 0 aromatic heterocycles. The lowest BCUT2D eigenvalue weighted by atomic mass is 9.98. The highest BCUT2D eigenvalue weighted by atomic mass is 16.6. The van der Waals surface area contributed by atoms with Crippen LogP contribution in [0.25, 0.3) is 0 Å². The number of nitrogens with zero attached hydrogens (tertiary/aromatic N) is 1. The van der Waals surface area contributed by atoms with E-state index in [0.29, 0.717) is 5.92 Å². The molecule has 0 unspecified atom stereocenters. The van der Waals surface area contributed by atoms with Crippen LogP contribution in [0.5, 0.6) is 0 Å². The minimum absolute atomic E-state index is 0.199. The van der Waals surface area contributed by atoms with Gasteiger partial charge in [-0.1, -0.05) is 0 Å². The molecule has 0 aliphatic carbocycles. The monoisotopic (exact) mass is 223 g/mol. The third-order valence-electron chi connectivity index (χ3n) is 2.50. The van der Waals surface area contributed by atoms with Crippen molar-refractivity contribution in [2.24, 2.45) is 5.92 Å². The van der Waals surface area contributed by atoms with E-state index in [1.165, 1.54) is 0 Å². The fraction of sp³-hybridized carbons (Fsp3) is 0.769. The number of carbonyl (C=O) groups excluding carboxylic acids is 1. The van der Waals surface area contributed by atoms with Crippen molar-refractivity contribution in [2.45, 2.75) is 46.1 Å². The number of ether oxygens (including phenoxy) is 1. The zero-order valence-electron chi connectivity index (χ0n) is 10.7. The second-order valence-corrected chi connectivity index (χ2v) is 5.14. The lowest BCUT2D eigenvalue weighted by molar-refractivity contribution is 0.0200. The lowest BCUT2D eigenvalue weighted by Gasteiger charge is -2.31. The Bertz CT molecular complexity index is 298. The Morgan fingerprint density at radius 2 is 1.88 bits per heavy atom. The molecule has 0 radical (unpaired) electrons. The second kappa shape index (κ2) is 5.25. The Kier molecular flexibility index (Phi) is 4.23. The minimum atomic E-state index is -0.406. The number of rotatable bonds is 0. The normalized spacial score (nSPS) is 17.6. The molecule has 0 aromatic carbocycles. The molecule has 0 atom stereocenters. The van der Waals surface area contributed by atoms with Gasteiger partial charge < -0.3 is 9.64 Å². The smallest absolute Gasteiger partial charge is 0.410 e. The molecule has 0 bridgehead atoms. The Labute approximate surface area is 98.1 Å². The van der Waals surface area contributed by atoms with Crippen molar-refractivity contribution in [1.29, 1.82) is 0 Å². The summed E-state index contributed by atoms with van der Waals surface area (Å²) in [7, 11) is 0. The van der Waals surface area contributed by atoms with Crippen LogP contribution in [0.15, 0.2) is 0 Å². The number of hydrogen-bond acceptors (Lipinski definition) is 2. The van der Waals surface area contributed by atoms with Crippen molar-refractivity contribution in [3.63, 3.8) is 0 Å². The molecule has 3 nitrogen and oxygen atoms in total. The molecule has 16 heavy (non-hydrogen) atoms. The number of amides is 1. The first-order valence-electron chi connectivity index (χ1n) is 5.82. The van der Waals surface area contributed by atoms with Crippen LogP contribution in [-0.4, -0.2) is 29.7 Å². The SMILES string of the molecule is CC#CC1CCN(C(=O)OC(C)(C)C)CC1. The van der Waals surface area contributed by atoms with Crippen molar-refractivity contribution < 1.29 is 9.53 Å². The predicted octanol–water partition coefficient (Wildman–Crippen LogP) is 2.66. The van der Waals surface area contributed by atoms with Gasteiger partial charge in [-0.3, -0.25) is 0 Å². The van der Waals surface area contributed by atoms with Crippen molar-refractivity contribution in [2.75, 3.05) is 13.1 Å². The molecule has 90 valence electrons. The van der Waals surface area contributed by atoms with Crippen LogP contribution in [0, 0.1) is 17.8 Å². The topological polar surface area (TPSA) is 29.5 Å². The summed E-state index contributed by atoms with van der Waals surface area (Å²) in [6.45, 7) is 9.05. The molecule has 1 aliphatic heterocycles. The second-order valence-electron chi connectivity index (χ2n) is 5.14. The van der Waals surface area contributed by atoms with Gasteiger partial charge in [-0.15, -0.1) is 11.8 Å². The molecule has 3 heteroatoms. The average molecular weight is 223 g/mol. The van der Waals surface area contributed by atoms with Crippen LogP contribution in [-0.2, 0) is 4.74 Å². The summed E-state index contributed by atoms with van der Waals surface area (Å²) in [5.41, 5.74) is -0.406. The first-order chi connectivity index (χ1) is 7.42. The van der Waals surface area contributed by atoms with Gasteiger partial charge in [0.15, 0.2) is 0 Å². The fourth-order valence-corrected chi connectivity index (χ4v) is 1.74. The first kappa shape index (κ1) is 12.9. The molecular formula is C13H21NO2. The average Bonchev–Trinajstić information content (AvgIpc) is 2.16. The van der Waals surface area contributed by atoms with Crippen molar-refractivity contribution in [3.8, 4) is 11.8 Å². The van der Waals surface area contributed by atoms with Crippen molar-refractivity contribution in [3.05, 3.63) is 0 Å². The van der Waals surface area contributed by atoms with Gasteiger partial charge in [0.05, 0.1) is 0 Å². The van der Waals surface area contributed by atoms with E-state index >= 15 is 0 Å². The quantitative estimate of drug-likeness (QED) is 0.591. The fourth-order valence-electron chi connectivity index (χ4n) is 1.74. The third-order valence-corrected chi connectivity index (χ3v) is 2.50. The maximum Gasteiger partial charge on any atom is 0.410 e. The van der Waals surface area contributed by atoms with E-state index in [-0.39, 0.29) is 6.09 Å². The summed E-state index contributed by atoms with van der Waals surface area (Å²) in [5, 5.41) is 0. The van der Waals surface area contributed by atoms with E-state index in [1.807, 2.05) is 27.7 Å². The molecule has 0 N–H and O–H groups in total. The van der Waals surface area contributed by atoms with Crippen molar-refractivity contribution >= 4 is 6.09 Å². The van der Waals surface area contributed by atoms with Crippen LogP contribution >= 0.6 is 0 Å². The highest BCUT2D eigenvalue weighted by molar-refractivity contribution is 5.68. The molecule has 0 aromatic rings. The van der Waals surface area contributed by atoms with Gasteiger partial charge in [0, 0.05) is 19.0 Å². The van der Waals surface area contributed by atoms with E-state index < -0.39 is 5.60 Å². The van der Waals surface area contributed by atoms with Gasteiger partial charge in [-0.2, -0.15) is 0 Å². The van der Waals surface area contributed by atoms with E-state index in [9.17, 15) is 4.79 Å². The van der Waals surface area contributed by atoms with Gasteiger partial charge in [-0.25, -0.2) is 4.79 Å². The van der Waals surface area contributed by atoms with Crippen LogP contribution < -0.4 is 0 Å². The number of hydrogen-bond donors (Lipinski definition) is 0. The number of likely N-dealkylation sites (tertiary alicyclic amines) is 1. The molecule has 1 fully saturated rings. The van der Waals surface area contributed by atoms with E-state index in [4.69, 9.17) is 4.74 Å². The molecule has 1 heterocycles. The zero-order chi connectivity index (χ0) is 12.2. The predicted molar refractivity (Wildman–Crippen MR) is 64.0 cm³/mol. The van der Waals surface area contributed by atoms with Crippen LogP contribution in [0.3, 0.4) is 0 Å². The van der Waals surface area contributed by atoms with Gasteiger partial charge in [-0.05, 0) is 40.5 Å². The van der Waals surface area contributed by atoms with Gasteiger partial charge in [0.1, 0.15) is 5.60 Å². The molecule has 0 spiro atoms. The van der Waals surface area contributed by atoms with Crippen LogP contribution in [0.1, 0.15) is 40.5 Å². The largest absolute Gasteiger partial charge is 0.444 e. The summed E-state index contributed by atoms with van der Waals surface area (Å²) >= 11 is 0. The molecule has 1 saturated heterocycles. The summed E-state index contributed by atoms with van der Waals surface area (Å²) in [6.07, 6.45) is 1.72. The Balaban J connectivity index is 2.41. The summed E-state index contributed by atoms with van der Waals surface area (Å²) in [4.78, 5) is 13.5. The van der Waals surface area contributed by atoms with Crippen LogP contribution in [0.4, 0.5) is 4.79 Å². The zero-order valence-corrected chi connectivity index (χ0v) is 10.7. The Morgan fingerprint density at radius 3 is 2.31 bits per heavy atom. The molecular weight excluding hydrogens is 202 g/mol. The van der Waals surface area contributed by atoms with Gasteiger partial charge in [0.25, 0.3) is 0 Å².